The molecule has 1 fully saturated rings. The zero-order valence-corrected chi connectivity index (χ0v) is 16.1. The van der Waals surface area contributed by atoms with Crippen LogP contribution in [0.4, 0.5) is 14.5 Å². The summed E-state index contributed by atoms with van der Waals surface area (Å²) in [7, 11) is 0. The number of carbonyl (C=O) groups excluding carboxylic acids is 2. The first kappa shape index (κ1) is 20.3. The summed E-state index contributed by atoms with van der Waals surface area (Å²) in [5.41, 5.74) is -0.583. The molecule has 0 saturated heterocycles. The van der Waals surface area contributed by atoms with Gasteiger partial charge in [-0.15, -0.1) is 0 Å². The van der Waals surface area contributed by atoms with E-state index in [2.05, 4.69) is 5.32 Å². The molecule has 0 unspecified atom stereocenters. The fourth-order valence-electron chi connectivity index (χ4n) is 3.56. The predicted molar refractivity (Wildman–Crippen MR) is 102 cm³/mol. The zero-order valence-electron chi connectivity index (χ0n) is 15.3. The highest BCUT2D eigenvalue weighted by Crippen LogP contribution is 2.43. The van der Waals surface area contributed by atoms with Gasteiger partial charge in [0.2, 0.25) is 0 Å². The average molecular weight is 408 g/mol. The van der Waals surface area contributed by atoms with Gasteiger partial charge in [0.1, 0.15) is 11.6 Å². The first-order valence-corrected chi connectivity index (χ1v) is 9.43. The number of anilines is 1. The van der Waals surface area contributed by atoms with Gasteiger partial charge in [0.15, 0.2) is 6.10 Å². The van der Waals surface area contributed by atoms with Crippen molar-refractivity contribution in [2.45, 2.75) is 44.1 Å². The molecule has 0 bridgehead atoms. The number of esters is 1. The van der Waals surface area contributed by atoms with Crippen molar-refractivity contribution in [1.82, 2.24) is 0 Å². The Kier molecular flexibility index (Phi) is 5.98. The third-order valence-electron chi connectivity index (χ3n) is 5.08. The Bertz CT molecular complexity index is 897. The van der Waals surface area contributed by atoms with Crippen molar-refractivity contribution in [3.63, 3.8) is 0 Å². The largest absolute Gasteiger partial charge is 0.452 e. The smallest absolute Gasteiger partial charge is 0.317 e. The number of halogens is 3. The molecule has 0 aromatic heterocycles. The lowest BCUT2D eigenvalue weighted by Gasteiger charge is -2.29. The van der Waals surface area contributed by atoms with Crippen LogP contribution in [0.1, 0.15) is 38.2 Å². The summed E-state index contributed by atoms with van der Waals surface area (Å²) in [4.78, 5) is 25.3. The van der Waals surface area contributed by atoms with E-state index in [-0.39, 0.29) is 10.7 Å². The Morgan fingerprint density at radius 2 is 1.82 bits per heavy atom. The van der Waals surface area contributed by atoms with Gasteiger partial charge in [-0.25, -0.2) is 8.78 Å². The minimum Gasteiger partial charge on any atom is -0.452 e. The summed E-state index contributed by atoms with van der Waals surface area (Å²) in [6.45, 7) is 1.43. The predicted octanol–water partition coefficient (Wildman–Crippen LogP) is 5.00. The van der Waals surface area contributed by atoms with Gasteiger partial charge in [0.05, 0.1) is 16.1 Å². The van der Waals surface area contributed by atoms with Crippen molar-refractivity contribution >= 4 is 29.2 Å². The van der Waals surface area contributed by atoms with E-state index in [1.54, 1.807) is 18.2 Å². The van der Waals surface area contributed by atoms with Crippen LogP contribution in [0.2, 0.25) is 5.02 Å². The van der Waals surface area contributed by atoms with Gasteiger partial charge in [0, 0.05) is 5.56 Å². The third kappa shape index (κ3) is 4.02. The van der Waals surface area contributed by atoms with Gasteiger partial charge in [0.25, 0.3) is 5.91 Å². The summed E-state index contributed by atoms with van der Waals surface area (Å²) in [6, 6.07) is 9.69. The molecule has 3 rings (SSSR count). The molecule has 7 heteroatoms. The Balaban J connectivity index is 1.75. The van der Waals surface area contributed by atoms with E-state index in [1.165, 1.54) is 19.1 Å². The minimum absolute atomic E-state index is 0.0329. The summed E-state index contributed by atoms with van der Waals surface area (Å²) in [5, 5.41) is 2.54. The first-order chi connectivity index (χ1) is 13.3. The van der Waals surface area contributed by atoms with Crippen LogP contribution < -0.4 is 5.32 Å². The number of amides is 1. The summed E-state index contributed by atoms with van der Waals surface area (Å²) in [6.07, 6.45) is 1.35. The van der Waals surface area contributed by atoms with E-state index in [1.807, 2.05) is 0 Å². The van der Waals surface area contributed by atoms with Crippen LogP contribution >= 0.6 is 11.6 Å². The number of rotatable bonds is 5. The van der Waals surface area contributed by atoms with Crippen LogP contribution in [-0.4, -0.2) is 18.0 Å². The maximum atomic E-state index is 14.4. The van der Waals surface area contributed by atoms with Crippen LogP contribution in [0.15, 0.2) is 42.5 Å². The Labute approximate surface area is 166 Å². The van der Waals surface area contributed by atoms with Crippen LogP contribution in [0.25, 0.3) is 0 Å². The van der Waals surface area contributed by atoms with Crippen LogP contribution in [-0.2, 0) is 19.7 Å². The molecule has 0 heterocycles. The Morgan fingerprint density at radius 3 is 2.46 bits per heavy atom. The highest BCUT2D eigenvalue weighted by Gasteiger charge is 2.46. The average Bonchev–Trinajstić information content (AvgIpc) is 3.15. The molecule has 1 amide bonds. The van der Waals surface area contributed by atoms with Gasteiger partial charge in [-0.2, -0.15) is 0 Å². The fourth-order valence-corrected chi connectivity index (χ4v) is 3.78. The lowest BCUT2D eigenvalue weighted by Crippen LogP contribution is -2.40. The van der Waals surface area contributed by atoms with Crippen molar-refractivity contribution in [3.8, 4) is 0 Å². The number of carbonyl (C=O) groups is 2. The normalized spacial score (nSPS) is 16.4. The third-order valence-corrected chi connectivity index (χ3v) is 5.39. The second-order valence-electron chi connectivity index (χ2n) is 6.93. The molecule has 4 nitrogen and oxygen atoms in total. The molecular weight excluding hydrogens is 388 g/mol. The van der Waals surface area contributed by atoms with Crippen molar-refractivity contribution in [2.24, 2.45) is 0 Å². The highest BCUT2D eigenvalue weighted by molar-refractivity contribution is 6.33. The number of hydrogen-bond donors (Lipinski definition) is 1. The maximum Gasteiger partial charge on any atom is 0.317 e. The highest BCUT2D eigenvalue weighted by atomic mass is 35.5. The van der Waals surface area contributed by atoms with E-state index in [0.717, 1.165) is 25.0 Å². The number of ether oxygens (including phenoxy) is 1. The van der Waals surface area contributed by atoms with E-state index in [9.17, 15) is 18.4 Å². The second kappa shape index (κ2) is 8.27. The second-order valence-corrected chi connectivity index (χ2v) is 7.34. The summed E-state index contributed by atoms with van der Waals surface area (Å²) >= 11 is 5.90. The van der Waals surface area contributed by atoms with Crippen molar-refractivity contribution in [1.29, 1.82) is 0 Å². The molecule has 0 spiro atoms. The summed E-state index contributed by atoms with van der Waals surface area (Å²) in [5.74, 6) is -2.22. The molecule has 0 aliphatic heterocycles. The molecule has 2 aromatic rings. The van der Waals surface area contributed by atoms with Gasteiger partial charge < -0.3 is 10.1 Å². The van der Waals surface area contributed by atoms with Gasteiger partial charge in [-0.1, -0.05) is 42.6 Å². The molecule has 1 N–H and O–H groups in total. The number of hydrogen-bond acceptors (Lipinski definition) is 3. The Morgan fingerprint density at radius 1 is 1.14 bits per heavy atom. The summed E-state index contributed by atoms with van der Waals surface area (Å²) < 4.78 is 32.9. The van der Waals surface area contributed by atoms with E-state index >= 15 is 0 Å². The molecular formula is C21H20ClF2NO3. The van der Waals surface area contributed by atoms with Gasteiger partial charge in [-0.3, -0.25) is 9.59 Å². The van der Waals surface area contributed by atoms with Crippen LogP contribution in [0.3, 0.4) is 0 Å². The van der Waals surface area contributed by atoms with Crippen LogP contribution in [0.5, 0.6) is 0 Å². The molecule has 1 aliphatic carbocycles. The van der Waals surface area contributed by atoms with Crippen molar-refractivity contribution in [2.75, 3.05) is 5.32 Å². The molecule has 2 aromatic carbocycles. The Hall–Kier alpha value is -2.47. The monoisotopic (exact) mass is 407 g/mol. The van der Waals surface area contributed by atoms with Crippen LogP contribution in [0, 0.1) is 11.6 Å². The van der Waals surface area contributed by atoms with E-state index < -0.39 is 35.0 Å². The lowest BCUT2D eigenvalue weighted by atomic mass is 9.78. The molecule has 148 valence electrons. The molecule has 1 saturated carbocycles. The topological polar surface area (TPSA) is 55.4 Å². The fraction of sp³-hybridized carbons (Fsp3) is 0.333. The van der Waals surface area contributed by atoms with Crippen molar-refractivity contribution < 1.29 is 23.1 Å². The van der Waals surface area contributed by atoms with E-state index in [0.29, 0.717) is 18.4 Å². The number of benzene rings is 2. The molecule has 0 radical (unpaired) electrons. The molecule has 28 heavy (non-hydrogen) atoms. The van der Waals surface area contributed by atoms with Gasteiger partial charge in [-0.05, 0) is 44.0 Å². The SMILES string of the molecule is C[C@H](OC(=O)C1(c2ccccc2F)CCCC1)C(=O)Nc1ccc(F)cc1Cl. The molecule has 1 aliphatic rings. The molecule has 1 atom stereocenters. The zero-order chi connectivity index (χ0) is 20.3. The van der Waals surface area contributed by atoms with E-state index in [4.69, 9.17) is 16.3 Å². The minimum atomic E-state index is -1.13. The number of nitrogens with one attached hydrogen (secondary N) is 1. The standard InChI is InChI=1S/C21H20ClF2NO3/c1-13(19(26)25-18-9-8-14(23)12-16(18)22)28-20(27)21(10-4-5-11-21)15-6-2-3-7-17(15)24/h2-3,6-9,12-13H,4-5,10-11H2,1H3,(H,25,26)/t13-/m0/s1. The lowest BCUT2D eigenvalue weighted by molar-refractivity contribution is -0.159. The first-order valence-electron chi connectivity index (χ1n) is 9.05. The van der Waals surface area contributed by atoms with Gasteiger partial charge >= 0.3 is 5.97 Å². The van der Waals surface area contributed by atoms with Crippen molar-refractivity contribution in [3.05, 3.63) is 64.7 Å². The quantitative estimate of drug-likeness (QED) is 0.709. The maximum absolute atomic E-state index is 14.4.